The molecule has 1 N–H and O–H groups in total. The van der Waals surface area contributed by atoms with Gasteiger partial charge in [-0.15, -0.1) is 10.2 Å². The summed E-state index contributed by atoms with van der Waals surface area (Å²) in [6, 6.07) is 2.29. The molecule has 0 radical (unpaired) electrons. The van der Waals surface area contributed by atoms with Crippen molar-refractivity contribution in [3.05, 3.63) is 17.5 Å². The molecule has 6 nitrogen and oxygen atoms in total. The van der Waals surface area contributed by atoms with E-state index in [0.717, 1.165) is 23.0 Å². The van der Waals surface area contributed by atoms with Crippen LogP contribution in [0.3, 0.4) is 0 Å². The highest BCUT2D eigenvalue weighted by molar-refractivity contribution is 7.99. The van der Waals surface area contributed by atoms with Crippen molar-refractivity contribution in [2.75, 3.05) is 5.75 Å². The maximum Gasteiger partial charge on any atom is 0.256 e. The number of rotatable bonds is 4. The van der Waals surface area contributed by atoms with Crippen molar-refractivity contribution in [3.8, 4) is 0 Å². The molecule has 2 heterocycles. The molecule has 1 amide bonds. The summed E-state index contributed by atoms with van der Waals surface area (Å²) in [5.41, 5.74) is 1.95. The van der Waals surface area contributed by atoms with E-state index in [0.29, 0.717) is 29.4 Å². The summed E-state index contributed by atoms with van der Waals surface area (Å²) in [4.78, 5) is 16.7. The zero-order valence-corrected chi connectivity index (χ0v) is 15.6. The van der Waals surface area contributed by atoms with Gasteiger partial charge in [-0.2, -0.15) is 0 Å². The lowest BCUT2D eigenvalue weighted by Gasteiger charge is -2.34. The lowest BCUT2D eigenvalue weighted by Crippen LogP contribution is -2.44. The third-order valence-corrected chi connectivity index (χ3v) is 5.98. The van der Waals surface area contributed by atoms with E-state index in [2.05, 4.69) is 34.3 Å². The normalized spacial score (nSPS) is 24.2. The van der Waals surface area contributed by atoms with Crippen LogP contribution in [0, 0.1) is 25.7 Å². The summed E-state index contributed by atoms with van der Waals surface area (Å²) in [7, 11) is 0. The SMILES string of the molecule is Cc1cc(C)n2c(SCC(=O)N[C@H]3CCC[C@H](C)[C@@H]3C)nnc2n1. The molecule has 3 rings (SSSR count). The van der Waals surface area contributed by atoms with Crippen LogP contribution in [0.1, 0.15) is 44.5 Å². The Kier molecular flexibility index (Phi) is 5.08. The molecule has 2 aromatic heterocycles. The average molecular weight is 347 g/mol. The lowest BCUT2D eigenvalue weighted by atomic mass is 9.78. The Hall–Kier alpha value is -1.63. The van der Waals surface area contributed by atoms with Gasteiger partial charge in [0.2, 0.25) is 5.91 Å². The fourth-order valence-corrected chi connectivity index (χ4v) is 4.25. The first-order chi connectivity index (χ1) is 11.5. The van der Waals surface area contributed by atoms with Crippen LogP contribution < -0.4 is 5.32 Å². The molecule has 0 saturated heterocycles. The molecule has 0 spiro atoms. The number of amides is 1. The smallest absolute Gasteiger partial charge is 0.256 e. The second-order valence-electron chi connectivity index (χ2n) is 6.89. The van der Waals surface area contributed by atoms with E-state index >= 15 is 0 Å². The van der Waals surface area contributed by atoms with Gasteiger partial charge >= 0.3 is 0 Å². The monoisotopic (exact) mass is 347 g/mol. The van der Waals surface area contributed by atoms with Crippen molar-refractivity contribution < 1.29 is 4.79 Å². The van der Waals surface area contributed by atoms with Crippen LogP contribution in [0.25, 0.3) is 5.78 Å². The first-order valence-corrected chi connectivity index (χ1v) is 9.56. The molecule has 1 saturated carbocycles. The fraction of sp³-hybridized carbons (Fsp3) is 0.647. The number of fused-ring (bicyclic) bond motifs is 1. The molecular formula is C17H25N5OS. The predicted octanol–water partition coefficient (Wildman–Crippen LogP) is 2.77. The number of thioether (sulfide) groups is 1. The van der Waals surface area contributed by atoms with Crippen LogP contribution >= 0.6 is 11.8 Å². The molecule has 0 aliphatic heterocycles. The van der Waals surface area contributed by atoms with Gasteiger partial charge < -0.3 is 5.32 Å². The number of nitrogens with zero attached hydrogens (tertiary/aromatic N) is 4. The highest BCUT2D eigenvalue weighted by Gasteiger charge is 2.28. The summed E-state index contributed by atoms with van der Waals surface area (Å²) in [6.45, 7) is 8.46. The summed E-state index contributed by atoms with van der Waals surface area (Å²) in [6.07, 6.45) is 3.54. The third-order valence-electron chi connectivity index (χ3n) is 5.05. The van der Waals surface area contributed by atoms with E-state index in [1.807, 2.05) is 24.3 Å². The fourth-order valence-electron chi connectivity index (χ4n) is 3.46. The van der Waals surface area contributed by atoms with Crippen molar-refractivity contribution >= 4 is 23.4 Å². The molecule has 0 aromatic carbocycles. The van der Waals surface area contributed by atoms with Gasteiger partial charge in [-0.25, -0.2) is 4.98 Å². The first-order valence-electron chi connectivity index (χ1n) is 8.57. The number of aryl methyl sites for hydroxylation is 2. The number of nitrogens with one attached hydrogen (secondary N) is 1. The maximum absolute atomic E-state index is 12.3. The van der Waals surface area contributed by atoms with Gasteiger partial charge in [-0.05, 0) is 38.2 Å². The van der Waals surface area contributed by atoms with Crippen LogP contribution in [0.5, 0.6) is 0 Å². The molecule has 0 bridgehead atoms. The Labute approximate surface area is 146 Å². The number of hydrogen-bond donors (Lipinski definition) is 1. The van der Waals surface area contributed by atoms with Gasteiger partial charge in [0.05, 0.1) is 5.75 Å². The third kappa shape index (κ3) is 3.55. The molecule has 3 atom stereocenters. The minimum Gasteiger partial charge on any atom is -0.352 e. The standard InChI is InChI=1S/C17H25N5OS/c1-10-6-5-7-14(13(10)4)19-15(23)9-24-17-21-20-16-18-11(2)8-12(3)22(16)17/h8,10,13-14H,5-7,9H2,1-4H3,(H,19,23)/t10-,13-,14-/m0/s1. The van der Waals surface area contributed by atoms with Gasteiger partial charge in [0.1, 0.15) is 0 Å². The summed E-state index contributed by atoms with van der Waals surface area (Å²) < 4.78 is 1.90. The van der Waals surface area contributed by atoms with Crippen molar-refractivity contribution in [2.24, 2.45) is 11.8 Å². The summed E-state index contributed by atoms with van der Waals surface area (Å²) >= 11 is 1.41. The second-order valence-corrected chi connectivity index (χ2v) is 7.83. The van der Waals surface area contributed by atoms with Crippen molar-refractivity contribution in [1.82, 2.24) is 24.9 Å². The van der Waals surface area contributed by atoms with E-state index in [1.165, 1.54) is 24.6 Å². The van der Waals surface area contributed by atoms with Gasteiger partial charge in [-0.1, -0.05) is 38.5 Å². The van der Waals surface area contributed by atoms with Crippen LogP contribution in [-0.4, -0.2) is 37.3 Å². The molecule has 1 aliphatic carbocycles. The Morgan fingerprint density at radius 1 is 1.33 bits per heavy atom. The number of carbonyl (C=O) groups is 1. The number of hydrogen-bond acceptors (Lipinski definition) is 5. The average Bonchev–Trinajstić information content (AvgIpc) is 2.93. The molecular weight excluding hydrogens is 322 g/mol. The minimum absolute atomic E-state index is 0.0698. The van der Waals surface area contributed by atoms with E-state index in [4.69, 9.17) is 0 Å². The summed E-state index contributed by atoms with van der Waals surface area (Å²) in [5, 5.41) is 12.2. The Morgan fingerprint density at radius 3 is 2.92 bits per heavy atom. The highest BCUT2D eigenvalue weighted by Crippen LogP contribution is 2.29. The molecule has 0 unspecified atom stereocenters. The van der Waals surface area contributed by atoms with Crippen molar-refractivity contribution in [2.45, 2.75) is 58.2 Å². The lowest BCUT2D eigenvalue weighted by molar-refractivity contribution is -0.120. The quantitative estimate of drug-likeness (QED) is 0.861. The van der Waals surface area contributed by atoms with E-state index in [9.17, 15) is 4.79 Å². The Morgan fingerprint density at radius 2 is 2.12 bits per heavy atom. The first kappa shape index (κ1) is 17.2. The van der Waals surface area contributed by atoms with Crippen LogP contribution in [-0.2, 0) is 4.79 Å². The van der Waals surface area contributed by atoms with Crippen LogP contribution in [0.4, 0.5) is 0 Å². The van der Waals surface area contributed by atoms with E-state index in [-0.39, 0.29) is 5.91 Å². The zero-order chi connectivity index (χ0) is 17.3. The number of carbonyl (C=O) groups excluding carboxylic acids is 1. The van der Waals surface area contributed by atoms with Gasteiger partial charge in [0.15, 0.2) is 5.16 Å². The molecule has 1 fully saturated rings. The molecule has 2 aromatic rings. The second kappa shape index (κ2) is 7.09. The summed E-state index contributed by atoms with van der Waals surface area (Å²) in [5.74, 6) is 2.22. The van der Waals surface area contributed by atoms with E-state index in [1.54, 1.807) is 0 Å². The van der Waals surface area contributed by atoms with Crippen LogP contribution in [0.15, 0.2) is 11.2 Å². The minimum atomic E-state index is 0.0698. The van der Waals surface area contributed by atoms with Crippen molar-refractivity contribution in [1.29, 1.82) is 0 Å². The largest absolute Gasteiger partial charge is 0.352 e. The topological polar surface area (TPSA) is 72.2 Å². The molecule has 1 aliphatic rings. The Bertz CT molecular complexity index is 744. The Balaban J connectivity index is 1.62. The number of aromatic nitrogens is 4. The van der Waals surface area contributed by atoms with Crippen LogP contribution in [0.2, 0.25) is 0 Å². The van der Waals surface area contributed by atoms with E-state index < -0.39 is 0 Å². The van der Waals surface area contributed by atoms with Gasteiger partial charge in [-0.3, -0.25) is 9.20 Å². The molecule has 130 valence electrons. The predicted molar refractivity (Wildman–Crippen MR) is 95.1 cm³/mol. The maximum atomic E-state index is 12.3. The van der Waals surface area contributed by atoms with Crippen molar-refractivity contribution in [3.63, 3.8) is 0 Å². The van der Waals surface area contributed by atoms with Gasteiger partial charge in [0, 0.05) is 17.4 Å². The zero-order valence-electron chi connectivity index (χ0n) is 14.7. The molecule has 7 heteroatoms. The molecule has 24 heavy (non-hydrogen) atoms. The highest BCUT2D eigenvalue weighted by atomic mass is 32.2. The van der Waals surface area contributed by atoms with Gasteiger partial charge in [0.25, 0.3) is 5.78 Å².